The molecule has 0 N–H and O–H groups in total. The van der Waals surface area contributed by atoms with Crippen LogP contribution in [0, 0.1) is 0 Å². The van der Waals surface area contributed by atoms with E-state index in [-0.39, 0.29) is 31.4 Å². The standard InChI is InChI=1S/C16H24O3P2.Rh/c1-9-5-6-10(2)20(9)13-14(16(18)19-15(13)17)21-11(3)7-8-12(21)4;/h9-12H,5-8H2,1-4H3;/p+2/t9-,10-,11-,12-;/m0./s1. The molecule has 0 amide bonds. The Kier molecular flexibility index (Phi) is 6.02. The number of ether oxygens (including phenoxy) is 1. The second-order valence-corrected chi connectivity index (χ2v) is 13.9. The third-order valence-corrected chi connectivity index (χ3v) is 13.3. The van der Waals surface area contributed by atoms with Gasteiger partial charge < -0.3 is 4.74 Å². The molecule has 6 heteroatoms. The van der Waals surface area contributed by atoms with Crippen LogP contribution in [0.1, 0.15) is 53.4 Å². The van der Waals surface area contributed by atoms with Crippen LogP contribution >= 0.6 is 15.8 Å². The molecule has 1 radical (unpaired) electrons. The first kappa shape index (κ1) is 18.7. The van der Waals surface area contributed by atoms with Crippen LogP contribution in [0.3, 0.4) is 0 Å². The molecule has 2 saturated heterocycles. The van der Waals surface area contributed by atoms with E-state index in [2.05, 4.69) is 27.7 Å². The van der Waals surface area contributed by atoms with Gasteiger partial charge in [-0.1, -0.05) is 0 Å². The quantitative estimate of drug-likeness (QED) is 0.289. The zero-order chi connectivity index (χ0) is 15.3. The number of cyclic esters (lactones) is 2. The van der Waals surface area contributed by atoms with Gasteiger partial charge in [-0.05, 0) is 53.4 Å². The summed E-state index contributed by atoms with van der Waals surface area (Å²) in [5.41, 5.74) is 2.34. The Morgan fingerprint density at radius 2 is 1.00 bits per heavy atom. The molecule has 3 aliphatic rings. The van der Waals surface area contributed by atoms with Gasteiger partial charge in [-0.3, -0.25) is 0 Å². The van der Waals surface area contributed by atoms with E-state index in [1.54, 1.807) is 0 Å². The number of carbonyl (C=O) groups excluding carboxylic acids is 2. The molecule has 3 rings (SSSR count). The molecular formula is C16H26O3P2Rh+2. The summed E-state index contributed by atoms with van der Waals surface area (Å²) >= 11 is 0. The molecule has 3 nitrogen and oxygen atoms in total. The Hall–Kier alpha value is 0.363. The van der Waals surface area contributed by atoms with E-state index < -0.39 is 15.8 Å². The number of rotatable bonds is 2. The van der Waals surface area contributed by atoms with Gasteiger partial charge in [0, 0.05) is 19.5 Å². The zero-order valence-corrected chi connectivity index (χ0v) is 17.3. The zero-order valence-electron chi connectivity index (χ0n) is 13.7. The van der Waals surface area contributed by atoms with E-state index in [0.717, 1.165) is 10.6 Å². The van der Waals surface area contributed by atoms with E-state index in [1.807, 2.05) is 0 Å². The van der Waals surface area contributed by atoms with Crippen molar-refractivity contribution in [2.24, 2.45) is 0 Å². The first-order chi connectivity index (χ1) is 9.91. The van der Waals surface area contributed by atoms with Crippen molar-refractivity contribution < 1.29 is 33.8 Å². The van der Waals surface area contributed by atoms with Crippen molar-refractivity contribution in [2.75, 3.05) is 0 Å². The molecule has 0 aromatic rings. The third kappa shape index (κ3) is 3.01. The third-order valence-electron chi connectivity index (χ3n) is 5.61. The summed E-state index contributed by atoms with van der Waals surface area (Å²) < 4.78 is 5.10. The smallest absolute Gasteiger partial charge is 0.381 e. The molecule has 0 bridgehead atoms. The average molecular weight is 431 g/mol. The van der Waals surface area contributed by atoms with Gasteiger partial charge in [0.05, 0.1) is 38.5 Å². The fraction of sp³-hybridized carbons (Fsp3) is 0.750. The summed E-state index contributed by atoms with van der Waals surface area (Å²) in [5, 5.41) is 1.77. The summed E-state index contributed by atoms with van der Waals surface area (Å²) in [7, 11) is -1.90. The fourth-order valence-corrected chi connectivity index (χ4v) is 12.5. The van der Waals surface area contributed by atoms with Crippen molar-refractivity contribution in [3.8, 4) is 0 Å². The monoisotopic (exact) mass is 431 g/mol. The van der Waals surface area contributed by atoms with Gasteiger partial charge in [0.15, 0.2) is 0 Å². The molecule has 0 unspecified atom stereocenters. The molecule has 22 heavy (non-hydrogen) atoms. The van der Waals surface area contributed by atoms with Crippen LogP contribution in [0.25, 0.3) is 0 Å². The summed E-state index contributed by atoms with van der Waals surface area (Å²) in [6, 6.07) is 0. The van der Waals surface area contributed by atoms with E-state index in [9.17, 15) is 9.59 Å². The van der Waals surface area contributed by atoms with Crippen molar-refractivity contribution in [1.82, 2.24) is 0 Å². The van der Waals surface area contributed by atoms with Crippen molar-refractivity contribution >= 4 is 27.8 Å². The molecule has 0 aromatic carbocycles. The largest absolute Gasteiger partial charge is 0.385 e. The molecule has 4 atom stereocenters. The van der Waals surface area contributed by atoms with Gasteiger partial charge >= 0.3 is 11.9 Å². The second kappa shape index (κ2) is 7.08. The average Bonchev–Trinajstić information content (AvgIpc) is 3.00. The summed E-state index contributed by atoms with van der Waals surface area (Å²) in [6.07, 6.45) is 4.78. The predicted octanol–water partition coefficient (Wildman–Crippen LogP) is 3.85. The van der Waals surface area contributed by atoms with Crippen LogP contribution in [0.2, 0.25) is 0 Å². The van der Waals surface area contributed by atoms with Crippen molar-refractivity contribution in [3.05, 3.63) is 10.6 Å². The molecule has 3 heterocycles. The Morgan fingerprint density at radius 3 is 1.27 bits per heavy atom. The molecule has 125 valence electrons. The molecule has 0 aromatic heterocycles. The Balaban J connectivity index is 0.00000176. The van der Waals surface area contributed by atoms with Gasteiger partial charge in [-0.2, -0.15) is 0 Å². The van der Waals surface area contributed by atoms with Crippen LogP contribution in [0.4, 0.5) is 0 Å². The van der Waals surface area contributed by atoms with Crippen molar-refractivity contribution in [1.29, 1.82) is 0 Å². The fourth-order valence-electron chi connectivity index (χ4n) is 4.49. The van der Waals surface area contributed by atoms with Crippen LogP contribution in [-0.2, 0) is 33.8 Å². The van der Waals surface area contributed by atoms with E-state index in [4.69, 9.17) is 4.74 Å². The molecule has 3 aliphatic heterocycles. The Bertz CT molecular complexity index is 456. The Morgan fingerprint density at radius 1 is 0.727 bits per heavy atom. The predicted molar refractivity (Wildman–Crippen MR) is 91.1 cm³/mol. The molecule has 0 spiro atoms. The van der Waals surface area contributed by atoms with Gasteiger partial charge in [-0.25, -0.2) is 9.59 Å². The summed E-state index contributed by atoms with van der Waals surface area (Å²) in [4.78, 5) is 24.8. The van der Waals surface area contributed by atoms with Crippen LogP contribution < -0.4 is 0 Å². The molecule has 2 fully saturated rings. The van der Waals surface area contributed by atoms with E-state index >= 15 is 0 Å². The summed E-state index contributed by atoms with van der Waals surface area (Å²) in [6.45, 7) is 9.05. The Labute approximate surface area is 148 Å². The number of esters is 2. The molecule has 0 aliphatic carbocycles. The SMILES string of the molecule is C[C@H]1CC[C@H](C)[PH+]1C1=C([PH+]2[C@@H](C)CC[C@@H]2C)C(=O)OC1=O.[Rh]. The van der Waals surface area contributed by atoms with Crippen LogP contribution in [0.15, 0.2) is 10.6 Å². The first-order valence-electron chi connectivity index (χ1n) is 8.16. The molecular weight excluding hydrogens is 405 g/mol. The maximum Gasteiger partial charge on any atom is 0.385 e. The maximum absolute atomic E-state index is 12.4. The van der Waals surface area contributed by atoms with Gasteiger partial charge in [0.25, 0.3) is 0 Å². The van der Waals surface area contributed by atoms with E-state index in [0.29, 0.717) is 22.6 Å². The van der Waals surface area contributed by atoms with Crippen LogP contribution in [0.5, 0.6) is 0 Å². The second-order valence-electron chi connectivity index (χ2n) is 7.10. The number of hydrogen-bond acceptors (Lipinski definition) is 3. The topological polar surface area (TPSA) is 43.4 Å². The van der Waals surface area contributed by atoms with Gasteiger partial charge in [0.2, 0.25) is 10.6 Å². The molecule has 0 saturated carbocycles. The minimum absolute atomic E-state index is 0. The summed E-state index contributed by atoms with van der Waals surface area (Å²) in [5.74, 6) is -0.568. The minimum Gasteiger partial charge on any atom is -0.381 e. The first-order valence-corrected chi connectivity index (χ1v) is 11.5. The minimum atomic E-state index is -0.948. The van der Waals surface area contributed by atoms with Crippen LogP contribution in [-0.4, -0.2) is 34.6 Å². The number of hydrogen-bond donors (Lipinski definition) is 0. The number of carbonyl (C=O) groups is 2. The van der Waals surface area contributed by atoms with Crippen molar-refractivity contribution in [3.63, 3.8) is 0 Å². The van der Waals surface area contributed by atoms with E-state index in [1.165, 1.54) is 25.7 Å². The van der Waals surface area contributed by atoms with Gasteiger partial charge in [-0.15, -0.1) is 0 Å². The van der Waals surface area contributed by atoms with Gasteiger partial charge in [0.1, 0.15) is 0 Å². The normalized spacial score (nSPS) is 36.9. The maximum atomic E-state index is 12.4. The van der Waals surface area contributed by atoms with Crippen molar-refractivity contribution in [2.45, 2.75) is 76.0 Å².